The highest BCUT2D eigenvalue weighted by Crippen LogP contribution is 2.25. The van der Waals surface area contributed by atoms with Gasteiger partial charge in [-0.15, -0.1) is 0 Å². The molecule has 2 aromatic carbocycles. The summed E-state index contributed by atoms with van der Waals surface area (Å²) in [6.07, 6.45) is 1.61. The van der Waals surface area contributed by atoms with Crippen LogP contribution in [0, 0.1) is 5.92 Å². The van der Waals surface area contributed by atoms with Crippen molar-refractivity contribution in [3.63, 3.8) is 0 Å². The number of para-hydroxylation sites is 1. The van der Waals surface area contributed by atoms with Gasteiger partial charge in [-0.3, -0.25) is 14.2 Å². The molecule has 1 heterocycles. The van der Waals surface area contributed by atoms with Crippen LogP contribution in [0.3, 0.4) is 0 Å². The van der Waals surface area contributed by atoms with Gasteiger partial charge in [-0.1, -0.05) is 62.4 Å². The number of thiol groups is 1. The molecule has 9 heteroatoms. The Balaban J connectivity index is 2.06. The maximum atomic E-state index is 13.4. The number of hydrogen-bond donors (Lipinski definition) is 4. The molecule has 0 spiro atoms. The predicted octanol–water partition coefficient (Wildman–Crippen LogP) is 2.55. The fourth-order valence-corrected chi connectivity index (χ4v) is 4.15. The van der Waals surface area contributed by atoms with Crippen molar-refractivity contribution in [3.8, 4) is 0 Å². The van der Waals surface area contributed by atoms with Crippen LogP contribution in [-0.2, 0) is 22.6 Å². The van der Waals surface area contributed by atoms with Crippen molar-refractivity contribution in [2.45, 2.75) is 44.9 Å². The highest BCUT2D eigenvalue weighted by atomic mass is 32.1. The van der Waals surface area contributed by atoms with E-state index in [1.165, 1.54) is 9.47 Å². The van der Waals surface area contributed by atoms with Crippen LogP contribution in [0.5, 0.6) is 0 Å². The van der Waals surface area contributed by atoms with E-state index in [4.69, 9.17) is 11.5 Å². The van der Waals surface area contributed by atoms with Gasteiger partial charge >= 0.3 is 5.97 Å². The Morgan fingerprint density at radius 3 is 2.26 bits per heavy atom. The first kappa shape index (κ1) is 26.5. The van der Waals surface area contributed by atoms with Gasteiger partial charge in [0, 0.05) is 30.3 Å². The van der Waals surface area contributed by atoms with Crippen molar-refractivity contribution in [2.24, 2.45) is 17.4 Å². The average Bonchev–Trinajstić information content (AvgIpc) is 3.23. The van der Waals surface area contributed by atoms with Crippen LogP contribution in [-0.4, -0.2) is 56.2 Å². The Morgan fingerprint density at radius 1 is 1.03 bits per heavy atom. The van der Waals surface area contributed by atoms with Crippen LogP contribution in [0.15, 0.2) is 60.8 Å². The summed E-state index contributed by atoms with van der Waals surface area (Å²) in [5.41, 5.74) is 14.1. The topological polar surface area (TPSA) is 132 Å². The molecule has 1 aromatic heterocycles. The first-order valence-electron chi connectivity index (χ1n) is 11.5. The monoisotopic (exact) mass is 496 g/mol. The van der Waals surface area contributed by atoms with Crippen LogP contribution in [0.2, 0.25) is 0 Å². The minimum absolute atomic E-state index is 0.00434. The molecule has 0 saturated carbocycles. The van der Waals surface area contributed by atoms with Crippen LogP contribution in [0.4, 0.5) is 0 Å². The molecule has 0 radical (unpaired) electrons. The number of carboxylic acids is 1. The van der Waals surface area contributed by atoms with Gasteiger partial charge in [0.25, 0.3) is 0 Å². The standard InChI is InChI=1S/C26H32N4O4S/c1-16(2)23(28)25(32)29(13-17-8-4-3-5-9-17)22(26(33)34)12-18-14-30(24(31)20(27)15-35)21-11-7-6-10-19(18)21/h3-11,14,16,20,22-23,35H,12-13,15,27-28H2,1-2H3,(H,33,34). The number of aromatic nitrogens is 1. The third kappa shape index (κ3) is 5.93. The number of carboxylic acid groups (broad SMARTS) is 1. The molecule has 0 aliphatic rings. The zero-order valence-corrected chi connectivity index (χ0v) is 20.8. The molecule has 8 nitrogen and oxygen atoms in total. The smallest absolute Gasteiger partial charge is 0.326 e. The third-order valence-corrected chi connectivity index (χ3v) is 6.50. The molecule has 3 unspecified atom stereocenters. The molecule has 0 aliphatic heterocycles. The fraction of sp³-hybridized carbons (Fsp3) is 0.346. The van der Waals surface area contributed by atoms with E-state index < -0.39 is 30.0 Å². The lowest BCUT2D eigenvalue weighted by Gasteiger charge is -2.32. The summed E-state index contributed by atoms with van der Waals surface area (Å²) in [5.74, 6) is -1.93. The predicted molar refractivity (Wildman–Crippen MR) is 139 cm³/mol. The number of amides is 1. The summed E-state index contributed by atoms with van der Waals surface area (Å²) < 4.78 is 1.44. The average molecular weight is 497 g/mol. The first-order valence-corrected chi connectivity index (χ1v) is 12.1. The van der Waals surface area contributed by atoms with Crippen molar-refractivity contribution < 1.29 is 19.5 Å². The van der Waals surface area contributed by atoms with Gasteiger partial charge in [0.15, 0.2) is 0 Å². The molecular weight excluding hydrogens is 464 g/mol. The van der Waals surface area contributed by atoms with Gasteiger partial charge in [0.1, 0.15) is 6.04 Å². The maximum Gasteiger partial charge on any atom is 0.326 e. The van der Waals surface area contributed by atoms with Gasteiger partial charge in [-0.05, 0) is 23.1 Å². The van der Waals surface area contributed by atoms with E-state index in [9.17, 15) is 19.5 Å². The van der Waals surface area contributed by atoms with E-state index in [0.717, 1.165) is 10.9 Å². The van der Waals surface area contributed by atoms with E-state index in [2.05, 4.69) is 12.6 Å². The number of aliphatic carboxylic acids is 1. The second-order valence-electron chi connectivity index (χ2n) is 8.95. The molecule has 5 N–H and O–H groups in total. The van der Waals surface area contributed by atoms with Crippen molar-refractivity contribution in [1.82, 2.24) is 9.47 Å². The summed E-state index contributed by atoms with van der Waals surface area (Å²) in [6, 6.07) is 13.6. The van der Waals surface area contributed by atoms with Crippen molar-refractivity contribution in [2.75, 3.05) is 5.75 Å². The molecule has 3 aromatic rings. The molecule has 0 bridgehead atoms. The summed E-state index contributed by atoms with van der Waals surface area (Å²) in [6.45, 7) is 3.74. The molecule has 0 saturated heterocycles. The third-order valence-electron chi connectivity index (χ3n) is 6.10. The lowest BCUT2D eigenvalue weighted by atomic mass is 9.99. The quantitative estimate of drug-likeness (QED) is 0.319. The summed E-state index contributed by atoms with van der Waals surface area (Å²) in [4.78, 5) is 40.1. The number of rotatable bonds is 10. The number of hydrogen-bond acceptors (Lipinski definition) is 6. The zero-order valence-electron chi connectivity index (χ0n) is 19.9. The Hall–Kier alpha value is -3.14. The van der Waals surface area contributed by atoms with Gasteiger partial charge in [-0.25, -0.2) is 4.79 Å². The van der Waals surface area contributed by atoms with E-state index in [0.29, 0.717) is 11.1 Å². The Labute approximate surface area is 210 Å². The Bertz CT molecular complexity index is 1190. The van der Waals surface area contributed by atoms with Gasteiger partial charge in [0.2, 0.25) is 11.8 Å². The number of carbonyl (C=O) groups excluding carboxylic acids is 2. The first-order chi connectivity index (χ1) is 16.6. The van der Waals surface area contributed by atoms with E-state index in [-0.39, 0.29) is 30.5 Å². The minimum Gasteiger partial charge on any atom is -0.480 e. The normalized spacial score (nSPS) is 14.0. The molecule has 1 amide bonds. The molecule has 3 atom stereocenters. The number of nitrogens with zero attached hydrogens (tertiary/aromatic N) is 2. The van der Waals surface area contributed by atoms with Crippen molar-refractivity contribution in [1.29, 1.82) is 0 Å². The van der Waals surface area contributed by atoms with Crippen molar-refractivity contribution >= 4 is 41.3 Å². The Morgan fingerprint density at radius 2 is 1.66 bits per heavy atom. The van der Waals surface area contributed by atoms with Crippen molar-refractivity contribution in [3.05, 3.63) is 71.9 Å². The number of nitrogens with two attached hydrogens (primary N) is 2. The number of benzene rings is 2. The SMILES string of the molecule is CC(C)C(N)C(=O)N(Cc1ccccc1)C(Cc1cn(C(=O)C(N)CS)c2ccccc12)C(=O)O. The Kier molecular flexibility index (Phi) is 8.71. The minimum atomic E-state index is -1.19. The number of fused-ring (bicyclic) bond motifs is 1. The van der Waals surface area contributed by atoms with Gasteiger partial charge < -0.3 is 21.5 Å². The molecule has 0 fully saturated rings. The van der Waals surface area contributed by atoms with Gasteiger partial charge in [0.05, 0.1) is 17.6 Å². The summed E-state index contributed by atoms with van der Waals surface area (Å²) >= 11 is 4.13. The van der Waals surface area contributed by atoms with E-state index in [1.807, 2.05) is 56.3 Å². The van der Waals surface area contributed by atoms with Gasteiger partial charge in [-0.2, -0.15) is 12.6 Å². The lowest BCUT2D eigenvalue weighted by molar-refractivity contribution is -0.151. The maximum absolute atomic E-state index is 13.4. The summed E-state index contributed by atoms with van der Waals surface area (Å²) in [7, 11) is 0. The molecule has 186 valence electrons. The van der Waals surface area contributed by atoms with Crippen LogP contribution in [0.1, 0.15) is 29.8 Å². The van der Waals surface area contributed by atoms with Crippen LogP contribution < -0.4 is 11.5 Å². The van der Waals surface area contributed by atoms with Crippen LogP contribution in [0.25, 0.3) is 10.9 Å². The highest BCUT2D eigenvalue weighted by Gasteiger charge is 2.34. The molecular formula is C26H32N4O4S. The second kappa shape index (κ2) is 11.5. The molecule has 35 heavy (non-hydrogen) atoms. The number of carbonyl (C=O) groups is 3. The molecule has 0 aliphatic carbocycles. The highest BCUT2D eigenvalue weighted by molar-refractivity contribution is 7.80. The summed E-state index contributed by atoms with van der Waals surface area (Å²) in [5, 5.41) is 10.9. The molecule has 3 rings (SSSR count). The second-order valence-corrected chi connectivity index (χ2v) is 9.31. The largest absolute Gasteiger partial charge is 0.480 e. The zero-order chi connectivity index (χ0) is 25.7. The van der Waals surface area contributed by atoms with Crippen LogP contribution >= 0.6 is 12.6 Å². The lowest BCUT2D eigenvalue weighted by Crippen LogP contribution is -2.53. The van der Waals surface area contributed by atoms with E-state index >= 15 is 0 Å². The fourth-order valence-electron chi connectivity index (χ4n) is 3.99. The van der Waals surface area contributed by atoms with E-state index in [1.54, 1.807) is 18.3 Å².